The van der Waals surface area contributed by atoms with Crippen LogP contribution in [-0.2, 0) is 4.74 Å². The Balaban J connectivity index is 2.00. The molecule has 15 heavy (non-hydrogen) atoms. The van der Waals surface area contributed by atoms with Gasteiger partial charge in [0.1, 0.15) is 0 Å². The minimum atomic E-state index is -0.245. The monoisotopic (exact) mass is 213 g/mol. The minimum absolute atomic E-state index is 0.00532. The van der Waals surface area contributed by atoms with Gasteiger partial charge in [0.15, 0.2) is 0 Å². The van der Waals surface area contributed by atoms with E-state index < -0.39 is 0 Å². The van der Waals surface area contributed by atoms with Crippen molar-refractivity contribution in [2.75, 3.05) is 19.8 Å². The summed E-state index contributed by atoms with van der Waals surface area (Å²) in [6, 6.07) is 0. The molecule has 1 aliphatic carbocycles. The number of hydrogen-bond acceptors (Lipinski definition) is 3. The maximum atomic E-state index is 10.5. The molecular formula is C12H23NO2. The van der Waals surface area contributed by atoms with Gasteiger partial charge in [-0.1, -0.05) is 12.8 Å². The first-order chi connectivity index (χ1) is 7.28. The maximum absolute atomic E-state index is 10.5. The van der Waals surface area contributed by atoms with Crippen molar-refractivity contribution in [3.63, 3.8) is 0 Å². The predicted octanol–water partition coefficient (Wildman–Crippen LogP) is 1.29. The van der Waals surface area contributed by atoms with E-state index in [1.54, 1.807) is 0 Å². The molecule has 0 aromatic rings. The minimum Gasteiger partial charge on any atom is -0.392 e. The third-order valence-corrected chi connectivity index (χ3v) is 4.28. The van der Waals surface area contributed by atoms with Crippen LogP contribution in [0.2, 0.25) is 0 Å². The molecule has 2 unspecified atom stereocenters. The number of hydrogen-bond donors (Lipinski definition) is 2. The summed E-state index contributed by atoms with van der Waals surface area (Å²) in [7, 11) is 0. The smallest absolute Gasteiger partial charge is 0.0658 e. The van der Waals surface area contributed by atoms with E-state index in [4.69, 9.17) is 10.5 Å². The lowest BCUT2D eigenvalue weighted by atomic mass is 9.73. The molecule has 0 aromatic heterocycles. The van der Waals surface area contributed by atoms with Crippen LogP contribution in [0.15, 0.2) is 0 Å². The average Bonchev–Trinajstić information content (AvgIpc) is 2.79. The van der Waals surface area contributed by atoms with Crippen molar-refractivity contribution in [2.24, 2.45) is 17.1 Å². The SMILES string of the molecule is NCC1(C(O)C2CCCOC2)CCCC1. The zero-order valence-electron chi connectivity index (χ0n) is 9.45. The first-order valence-corrected chi connectivity index (χ1v) is 6.24. The van der Waals surface area contributed by atoms with E-state index in [-0.39, 0.29) is 11.5 Å². The molecule has 1 aliphatic heterocycles. The van der Waals surface area contributed by atoms with Gasteiger partial charge < -0.3 is 15.6 Å². The summed E-state index contributed by atoms with van der Waals surface area (Å²) in [5.41, 5.74) is 5.88. The zero-order valence-corrected chi connectivity index (χ0v) is 9.45. The molecule has 2 atom stereocenters. The number of rotatable bonds is 3. The van der Waals surface area contributed by atoms with Crippen LogP contribution in [0.25, 0.3) is 0 Å². The van der Waals surface area contributed by atoms with Crippen LogP contribution >= 0.6 is 0 Å². The second-order valence-electron chi connectivity index (χ2n) is 5.20. The summed E-state index contributed by atoms with van der Waals surface area (Å²) in [6.45, 7) is 2.21. The normalized spacial score (nSPS) is 32.8. The highest BCUT2D eigenvalue weighted by Gasteiger charge is 2.43. The molecule has 3 N–H and O–H groups in total. The maximum Gasteiger partial charge on any atom is 0.0658 e. The number of aliphatic hydroxyl groups is 1. The molecule has 1 saturated heterocycles. The Kier molecular flexibility index (Phi) is 3.65. The Morgan fingerprint density at radius 2 is 2.07 bits per heavy atom. The third kappa shape index (κ3) is 2.19. The van der Waals surface area contributed by atoms with Crippen LogP contribution in [0.4, 0.5) is 0 Å². The summed E-state index contributed by atoms with van der Waals surface area (Å²) in [5, 5.41) is 10.5. The van der Waals surface area contributed by atoms with E-state index in [0.29, 0.717) is 12.5 Å². The van der Waals surface area contributed by atoms with Crippen LogP contribution < -0.4 is 5.73 Å². The van der Waals surface area contributed by atoms with Crippen molar-refractivity contribution >= 4 is 0 Å². The highest BCUT2D eigenvalue weighted by atomic mass is 16.5. The van der Waals surface area contributed by atoms with Gasteiger partial charge in [0.2, 0.25) is 0 Å². The van der Waals surface area contributed by atoms with Crippen molar-refractivity contribution in [2.45, 2.75) is 44.6 Å². The molecule has 88 valence electrons. The first-order valence-electron chi connectivity index (χ1n) is 6.24. The fourth-order valence-electron chi connectivity index (χ4n) is 3.21. The quantitative estimate of drug-likeness (QED) is 0.743. The Bertz CT molecular complexity index is 196. The van der Waals surface area contributed by atoms with Crippen LogP contribution in [-0.4, -0.2) is 31.0 Å². The first kappa shape index (κ1) is 11.4. The van der Waals surface area contributed by atoms with Gasteiger partial charge in [-0.05, 0) is 25.7 Å². The van der Waals surface area contributed by atoms with Gasteiger partial charge in [-0.15, -0.1) is 0 Å². The lowest BCUT2D eigenvalue weighted by molar-refractivity contribution is -0.0660. The molecule has 3 nitrogen and oxygen atoms in total. The Labute approximate surface area is 92.0 Å². The van der Waals surface area contributed by atoms with Crippen molar-refractivity contribution < 1.29 is 9.84 Å². The van der Waals surface area contributed by atoms with Gasteiger partial charge in [0.25, 0.3) is 0 Å². The van der Waals surface area contributed by atoms with Gasteiger partial charge >= 0.3 is 0 Å². The van der Waals surface area contributed by atoms with Crippen LogP contribution in [0.5, 0.6) is 0 Å². The Morgan fingerprint density at radius 1 is 1.33 bits per heavy atom. The highest BCUT2D eigenvalue weighted by molar-refractivity contribution is 4.94. The van der Waals surface area contributed by atoms with E-state index in [0.717, 1.165) is 38.9 Å². The third-order valence-electron chi connectivity index (χ3n) is 4.28. The summed E-state index contributed by atoms with van der Waals surface area (Å²) >= 11 is 0. The van der Waals surface area contributed by atoms with Crippen molar-refractivity contribution in [1.29, 1.82) is 0 Å². The molecular weight excluding hydrogens is 190 g/mol. The van der Waals surface area contributed by atoms with E-state index in [9.17, 15) is 5.11 Å². The molecule has 1 saturated carbocycles. The van der Waals surface area contributed by atoms with Gasteiger partial charge in [0, 0.05) is 24.5 Å². The van der Waals surface area contributed by atoms with Crippen LogP contribution in [0, 0.1) is 11.3 Å². The fourth-order valence-corrected chi connectivity index (χ4v) is 3.21. The predicted molar refractivity (Wildman–Crippen MR) is 59.5 cm³/mol. The Morgan fingerprint density at radius 3 is 2.60 bits per heavy atom. The largest absolute Gasteiger partial charge is 0.392 e. The second-order valence-corrected chi connectivity index (χ2v) is 5.20. The molecule has 0 aromatic carbocycles. The highest BCUT2D eigenvalue weighted by Crippen LogP contribution is 2.43. The fraction of sp³-hybridized carbons (Fsp3) is 1.00. The van der Waals surface area contributed by atoms with E-state index in [2.05, 4.69) is 0 Å². The zero-order chi connectivity index (χ0) is 10.7. The molecule has 2 rings (SSSR count). The Hall–Kier alpha value is -0.120. The molecule has 0 bridgehead atoms. The molecule has 2 aliphatic rings. The molecule has 0 radical (unpaired) electrons. The summed E-state index contributed by atoms with van der Waals surface area (Å²) < 4.78 is 5.45. The summed E-state index contributed by atoms with van der Waals surface area (Å²) in [5.74, 6) is 0.320. The molecule has 0 amide bonds. The van der Waals surface area contributed by atoms with Crippen molar-refractivity contribution in [1.82, 2.24) is 0 Å². The van der Waals surface area contributed by atoms with Crippen LogP contribution in [0.3, 0.4) is 0 Å². The summed E-state index contributed by atoms with van der Waals surface area (Å²) in [4.78, 5) is 0. The van der Waals surface area contributed by atoms with Gasteiger partial charge in [-0.2, -0.15) is 0 Å². The lowest BCUT2D eigenvalue weighted by Crippen LogP contribution is -2.46. The van der Waals surface area contributed by atoms with Gasteiger partial charge in [-0.3, -0.25) is 0 Å². The van der Waals surface area contributed by atoms with Gasteiger partial charge in [-0.25, -0.2) is 0 Å². The molecule has 1 heterocycles. The summed E-state index contributed by atoms with van der Waals surface area (Å²) in [6.07, 6.45) is 6.59. The second kappa shape index (κ2) is 4.81. The van der Waals surface area contributed by atoms with Crippen molar-refractivity contribution in [3.05, 3.63) is 0 Å². The molecule has 2 fully saturated rings. The topological polar surface area (TPSA) is 55.5 Å². The number of nitrogens with two attached hydrogens (primary N) is 1. The standard InChI is InChI=1S/C12H23NO2/c13-9-12(5-1-2-6-12)11(14)10-4-3-7-15-8-10/h10-11,14H,1-9,13H2. The van der Waals surface area contributed by atoms with Gasteiger partial charge in [0.05, 0.1) is 12.7 Å². The van der Waals surface area contributed by atoms with E-state index >= 15 is 0 Å². The number of ether oxygens (including phenoxy) is 1. The average molecular weight is 213 g/mol. The van der Waals surface area contributed by atoms with E-state index in [1.807, 2.05) is 0 Å². The lowest BCUT2D eigenvalue weighted by Gasteiger charge is -2.39. The number of aliphatic hydroxyl groups excluding tert-OH is 1. The van der Waals surface area contributed by atoms with Crippen LogP contribution in [0.1, 0.15) is 38.5 Å². The van der Waals surface area contributed by atoms with Crippen molar-refractivity contribution in [3.8, 4) is 0 Å². The van der Waals surface area contributed by atoms with E-state index in [1.165, 1.54) is 12.8 Å². The molecule has 0 spiro atoms. The molecule has 3 heteroatoms.